The molecule has 0 atom stereocenters. The van der Waals surface area contributed by atoms with E-state index in [1.807, 2.05) is 0 Å². The highest BCUT2D eigenvalue weighted by Gasteiger charge is 2.37. The fourth-order valence-electron chi connectivity index (χ4n) is 1.81. The summed E-state index contributed by atoms with van der Waals surface area (Å²) in [7, 11) is 0. The molecule has 10 heavy (non-hydrogen) atoms. The first-order chi connectivity index (χ1) is 4.97. The molecule has 0 aromatic heterocycles. The van der Waals surface area contributed by atoms with Crippen molar-refractivity contribution in [2.75, 3.05) is 0 Å². The van der Waals surface area contributed by atoms with Crippen LogP contribution in [0.1, 0.15) is 51.4 Å². The van der Waals surface area contributed by atoms with Crippen molar-refractivity contribution in [2.24, 2.45) is 11.8 Å². The van der Waals surface area contributed by atoms with E-state index in [0.717, 1.165) is 0 Å². The summed E-state index contributed by atoms with van der Waals surface area (Å²) in [6.45, 7) is 0. The highest BCUT2D eigenvalue weighted by molar-refractivity contribution is 4.89. The molecule has 3 aliphatic rings. The van der Waals surface area contributed by atoms with Crippen molar-refractivity contribution in [1.29, 1.82) is 0 Å². The molecular weight excluding hydrogens is 120 g/mol. The van der Waals surface area contributed by atoms with Crippen LogP contribution in [0.15, 0.2) is 0 Å². The van der Waals surface area contributed by atoms with Crippen LogP contribution >= 0.6 is 0 Å². The second-order valence-corrected chi connectivity index (χ2v) is 4.09. The maximum absolute atomic E-state index is 1.56. The van der Waals surface area contributed by atoms with Gasteiger partial charge in [0.25, 0.3) is 0 Å². The van der Waals surface area contributed by atoms with Crippen LogP contribution in [-0.2, 0) is 0 Å². The van der Waals surface area contributed by atoms with E-state index in [2.05, 4.69) is 0 Å². The molecule has 0 aromatic rings. The van der Waals surface area contributed by atoms with Gasteiger partial charge in [-0.3, -0.25) is 0 Å². The molecule has 3 fully saturated rings. The third kappa shape index (κ3) is 1.21. The van der Waals surface area contributed by atoms with Crippen LogP contribution < -0.4 is 0 Å². The maximum Gasteiger partial charge on any atom is -0.0386 e. The third-order valence-corrected chi connectivity index (χ3v) is 3.48. The fraction of sp³-hybridized carbons (Fsp3) is 1.00. The van der Waals surface area contributed by atoms with Crippen LogP contribution in [-0.4, -0.2) is 0 Å². The van der Waals surface area contributed by atoms with Crippen molar-refractivity contribution < 1.29 is 0 Å². The van der Waals surface area contributed by atoms with Gasteiger partial charge in [-0.05, 0) is 37.5 Å². The molecule has 0 unspecified atom stereocenters. The molecule has 0 aromatic carbocycles. The summed E-state index contributed by atoms with van der Waals surface area (Å²) in [4.78, 5) is 0. The molecule has 3 saturated carbocycles. The van der Waals surface area contributed by atoms with Crippen molar-refractivity contribution in [2.45, 2.75) is 51.4 Å². The molecule has 3 rings (SSSR count). The van der Waals surface area contributed by atoms with Crippen LogP contribution in [0, 0.1) is 11.8 Å². The first kappa shape index (κ1) is 6.69. The maximum atomic E-state index is 1.56. The Bertz CT molecular complexity index is 80.6. The average molecular weight is 138 g/mol. The first-order valence-electron chi connectivity index (χ1n) is 4.97. The topological polar surface area (TPSA) is 0 Å². The molecular formula is C10H18. The van der Waals surface area contributed by atoms with Gasteiger partial charge < -0.3 is 0 Å². The van der Waals surface area contributed by atoms with Crippen LogP contribution in [0.5, 0.6) is 0 Å². The zero-order chi connectivity index (χ0) is 6.81. The van der Waals surface area contributed by atoms with Crippen molar-refractivity contribution in [3.63, 3.8) is 0 Å². The summed E-state index contributed by atoms with van der Waals surface area (Å²) in [6.07, 6.45) is 12.2. The molecule has 0 N–H and O–H groups in total. The fourth-order valence-corrected chi connectivity index (χ4v) is 1.81. The minimum Gasteiger partial charge on any atom is -0.0533 e. The van der Waals surface area contributed by atoms with E-state index in [-0.39, 0.29) is 0 Å². The Labute approximate surface area is 64.0 Å². The van der Waals surface area contributed by atoms with Gasteiger partial charge in [0, 0.05) is 0 Å². The van der Waals surface area contributed by atoms with Gasteiger partial charge >= 0.3 is 0 Å². The van der Waals surface area contributed by atoms with Gasteiger partial charge in [0.15, 0.2) is 0 Å². The van der Waals surface area contributed by atoms with Crippen LogP contribution in [0.3, 0.4) is 0 Å². The molecule has 3 aliphatic carbocycles. The zero-order valence-electron chi connectivity index (χ0n) is 6.81. The van der Waals surface area contributed by atoms with E-state index in [1.165, 1.54) is 37.5 Å². The highest BCUT2D eigenvalue weighted by Crippen LogP contribution is 2.49. The third-order valence-electron chi connectivity index (χ3n) is 3.48. The second kappa shape index (κ2) is 2.94. The molecule has 0 nitrogen and oxygen atoms in total. The van der Waals surface area contributed by atoms with Gasteiger partial charge in [-0.1, -0.05) is 25.7 Å². The van der Waals surface area contributed by atoms with Gasteiger partial charge in [0.05, 0.1) is 0 Å². The van der Waals surface area contributed by atoms with E-state index < -0.39 is 0 Å². The largest absolute Gasteiger partial charge is 0.0533 e. The zero-order valence-corrected chi connectivity index (χ0v) is 6.81. The van der Waals surface area contributed by atoms with E-state index in [9.17, 15) is 0 Å². The molecule has 0 heteroatoms. The minimum absolute atomic E-state index is 1.21. The molecule has 58 valence electrons. The number of rotatable bonds is 0. The Hall–Kier alpha value is 0. The number of fused-ring (bicyclic) bond motifs is 1. The lowest BCUT2D eigenvalue weighted by Crippen LogP contribution is -2.34. The van der Waals surface area contributed by atoms with Crippen molar-refractivity contribution in [1.82, 2.24) is 0 Å². The quantitative estimate of drug-likeness (QED) is 0.481. The molecule has 0 heterocycles. The van der Waals surface area contributed by atoms with Gasteiger partial charge in [0.1, 0.15) is 0 Å². The molecule has 0 amide bonds. The Morgan fingerprint density at radius 2 is 0.800 bits per heavy atom. The Morgan fingerprint density at radius 1 is 0.500 bits per heavy atom. The Morgan fingerprint density at radius 3 is 0.800 bits per heavy atom. The van der Waals surface area contributed by atoms with E-state index in [1.54, 1.807) is 25.7 Å². The van der Waals surface area contributed by atoms with Crippen LogP contribution in [0.4, 0.5) is 0 Å². The molecule has 0 aliphatic heterocycles. The minimum atomic E-state index is 1.21. The average Bonchev–Trinajstić information content (AvgIpc) is 1.74. The molecule has 0 saturated heterocycles. The molecule has 0 spiro atoms. The SMILES string of the molecule is C1CC2CCC12.C1CCC1. The monoisotopic (exact) mass is 138 g/mol. The summed E-state index contributed by atoms with van der Waals surface area (Å²) in [5.41, 5.74) is 0. The highest BCUT2D eigenvalue weighted by atomic mass is 14.4. The summed E-state index contributed by atoms with van der Waals surface area (Å²) in [5, 5.41) is 0. The predicted molar refractivity (Wildman–Crippen MR) is 43.9 cm³/mol. The Kier molecular flexibility index (Phi) is 1.97. The van der Waals surface area contributed by atoms with Gasteiger partial charge in [-0.15, -0.1) is 0 Å². The van der Waals surface area contributed by atoms with E-state index >= 15 is 0 Å². The van der Waals surface area contributed by atoms with Gasteiger partial charge in [-0.25, -0.2) is 0 Å². The predicted octanol–water partition coefficient (Wildman–Crippen LogP) is 3.37. The summed E-state index contributed by atoms with van der Waals surface area (Å²) in [5.74, 6) is 2.43. The Balaban J connectivity index is 0.0000000886. The normalized spacial score (nSPS) is 40.8. The van der Waals surface area contributed by atoms with Crippen molar-refractivity contribution >= 4 is 0 Å². The number of hydrogen-bond donors (Lipinski definition) is 0. The van der Waals surface area contributed by atoms with Crippen molar-refractivity contribution in [3.8, 4) is 0 Å². The lowest BCUT2D eigenvalue weighted by atomic mass is 9.60. The standard InChI is InChI=1S/C6H10.C4H8/c1-2-6-4-3-5(1)6;1-2-4-3-1/h5-6H,1-4H2;1-4H2. The molecule has 0 radical (unpaired) electrons. The lowest BCUT2D eigenvalue weighted by Gasteiger charge is -2.46. The van der Waals surface area contributed by atoms with E-state index in [0.29, 0.717) is 0 Å². The van der Waals surface area contributed by atoms with E-state index in [4.69, 9.17) is 0 Å². The van der Waals surface area contributed by atoms with Gasteiger partial charge in [-0.2, -0.15) is 0 Å². The first-order valence-corrected chi connectivity index (χ1v) is 4.97. The lowest BCUT2D eigenvalue weighted by molar-refractivity contribution is 0.0548. The van der Waals surface area contributed by atoms with Gasteiger partial charge in [0.2, 0.25) is 0 Å². The second-order valence-electron chi connectivity index (χ2n) is 4.09. The summed E-state index contributed by atoms with van der Waals surface area (Å²) in [6, 6.07) is 0. The summed E-state index contributed by atoms with van der Waals surface area (Å²) >= 11 is 0. The number of hydrogen-bond acceptors (Lipinski definition) is 0. The van der Waals surface area contributed by atoms with Crippen LogP contribution in [0.2, 0.25) is 0 Å². The van der Waals surface area contributed by atoms with Crippen molar-refractivity contribution in [3.05, 3.63) is 0 Å². The van der Waals surface area contributed by atoms with Crippen LogP contribution in [0.25, 0.3) is 0 Å². The smallest absolute Gasteiger partial charge is 0.0386 e. The summed E-state index contributed by atoms with van der Waals surface area (Å²) < 4.78 is 0. The molecule has 0 bridgehead atoms.